The highest BCUT2D eigenvalue weighted by Crippen LogP contribution is 2.35. The van der Waals surface area contributed by atoms with Crippen molar-refractivity contribution in [1.82, 2.24) is 4.90 Å². The fourth-order valence-corrected chi connectivity index (χ4v) is 4.21. The van der Waals surface area contributed by atoms with Crippen LogP contribution in [0.15, 0.2) is 24.3 Å². The summed E-state index contributed by atoms with van der Waals surface area (Å²) in [5.41, 5.74) is 0.0335. The number of benzene rings is 1. The van der Waals surface area contributed by atoms with Gasteiger partial charge >= 0.3 is 5.97 Å². The molecule has 3 rings (SSSR count). The summed E-state index contributed by atoms with van der Waals surface area (Å²) in [6, 6.07) is 5.93. The van der Waals surface area contributed by atoms with Crippen LogP contribution >= 0.6 is 0 Å². The molecule has 1 heterocycles. The van der Waals surface area contributed by atoms with Crippen LogP contribution in [0.1, 0.15) is 39.5 Å². The topological polar surface area (TPSA) is 75.7 Å². The fourth-order valence-electron chi connectivity index (χ4n) is 4.21. The quantitative estimate of drug-likeness (QED) is 0.785. The van der Waals surface area contributed by atoms with Crippen LogP contribution in [0.2, 0.25) is 0 Å². The third-order valence-electron chi connectivity index (χ3n) is 6.05. The molecule has 2 fully saturated rings. The third-order valence-corrected chi connectivity index (χ3v) is 6.05. The first-order valence-electron chi connectivity index (χ1n) is 9.87. The zero-order valence-corrected chi connectivity index (χ0v) is 16.3. The van der Waals surface area contributed by atoms with E-state index in [4.69, 9.17) is 4.74 Å². The summed E-state index contributed by atoms with van der Waals surface area (Å²) in [7, 11) is 0. The van der Waals surface area contributed by atoms with E-state index in [1.807, 2.05) is 4.90 Å². The molecule has 2 aliphatic rings. The van der Waals surface area contributed by atoms with E-state index in [9.17, 15) is 18.8 Å². The van der Waals surface area contributed by atoms with Crippen molar-refractivity contribution in [2.24, 2.45) is 17.8 Å². The number of nitrogens with one attached hydrogen (secondary N) is 1. The number of halogens is 1. The second kappa shape index (κ2) is 8.71. The summed E-state index contributed by atoms with van der Waals surface area (Å²) < 4.78 is 18.6. The molecule has 7 heteroatoms. The van der Waals surface area contributed by atoms with E-state index >= 15 is 0 Å². The van der Waals surface area contributed by atoms with Crippen LogP contribution in [0, 0.1) is 23.6 Å². The van der Waals surface area contributed by atoms with Gasteiger partial charge in [0.2, 0.25) is 5.91 Å². The molecule has 28 heavy (non-hydrogen) atoms. The molecule has 0 spiro atoms. The number of carbonyl (C=O) groups excluding carboxylic acids is 3. The summed E-state index contributed by atoms with van der Waals surface area (Å²) >= 11 is 0. The first-order chi connectivity index (χ1) is 13.4. The largest absolute Gasteiger partial charge is 0.455 e. The summed E-state index contributed by atoms with van der Waals surface area (Å²) in [6.45, 7) is 4.21. The Labute approximate surface area is 164 Å². The van der Waals surface area contributed by atoms with E-state index in [0.29, 0.717) is 18.4 Å². The highest BCUT2D eigenvalue weighted by Gasteiger charge is 2.42. The Bertz CT molecular complexity index is 754. The molecule has 1 saturated carbocycles. The Morgan fingerprint density at radius 1 is 1.25 bits per heavy atom. The fraction of sp³-hybridized carbons (Fsp3) is 0.571. The standard InChI is InChI=1S/C21H27FN2O4/c1-13-6-5-9-18(14(13)2)24-11-15(10-20(24)26)21(27)28-12-19(25)23-17-8-4-3-7-16(17)22/h3-4,7-8,13-15,18H,5-6,9-12H2,1-2H3,(H,23,25)/t13-,14-,15-,18-/m1/s1. The molecule has 1 saturated heterocycles. The molecule has 1 aliphatic carbocycles. The average molecular weight is 390 g/mol. The van der Waals surface area contributed by atoms with E-state index in [1.165, 1.54) is 24.6 Å². The maximum absolute atomic E-state index is 13.6. The van der Waals surface area contributed by atoms with Crippen LogP contribution in [-0.2, 0) is 19.1 Å². The molecule has 1 aromatic rings. The predicted molar refractivity (Wildman–Crippen MR) is 102 cm³/mol. The van der Waals surface area contributed by atoms with Crippen molar-refractivity contribution < 1.29 is 23.5 Å². The predicted octanol–water partition coefficient (Wildman–Crippen LogP) is 2.98. The van der Waals surface area contributed by atoms with Gasteiger partial charge in [-0.2, -0.15) is 0 Å². The Morgan fingerprint density at radius 2 is 2.00 bits per heavy atom. The monoisotopic (exact) mass is 390 g/mol. The van der Waals surface area contributed by atoms with Crippen LogP contribution in [0.25, 0.3) is 0 Å². The van der Waals surface area contributed by atoms with Crippen molar-refractivity contribution in [3.63, 3.8) is 0 Å². The molecule has 0 unspecified atom stereocenters. The normalized spacial score (nSPS) is 27.5. The number of esters is 1. The number of anilines is 1. The summed E-state index contributed by atoms with van der Waals surface area (Å²) in [4.78, 5) is 38.5. The number of likely N-dealkylation sites (tertiary alicyclic amines) is 1. The lowest BCUT2D eigenvalue weighted by molar-refractivity contribution is -0.151. The molecule has 1 aromatic carbocycles. The van der Waals surface area contributed by atoms with Crippen LogP contribution < -0.4 is 5.32 Å². The van der Waals surface area contributed by atoms with E-state index in [2.05, 4.69) is 19.2 Å². The van der Waals surface area contributed by atoms with Crippen molar-refractivity contribution in [2.75, 3.05) is 18.5 Å². The molecule has 6 nitrogen and oxygen atoms in total. The van der Waals surface area contributed by atoms with Gasteiger partial charge in [-0.25, -0.2) is 4.39 Å². The average Bonchev–Trinajstić information content (AvgIpc) is 3.05. The lowest BCUT2D eigenvalue weighted by Crippen LogP contribution is -2.45. The van der Waals surface area contributed by atoms with Crippen LogP contribution in [0.3, 0.4) is 0 Å². The van der Waals surface area contributed by atoms with E-state index in [0.717, 1.165) is 12.8 Å². The molecule has 4 atom stereocenters. The van der Waals surface area contributed by atoms with E-state index in [-0.39, 0.29) is 24.1 Å². The molecular formula is C21H27FN2O4. The molecule has 0 radical (unpaired) electrons. The summed E-state index contributed by atoms with van der Waals surface area (Å²) in [5, 5.41) is 2.37. The van der Waals surface area contributed by atoms with Gasteiger partial charge in [0, 0.05) is 19.0 Å². The molecule has 1 N–H and O–H groups in total. The summed E-state index contributed by atoms with van der Waals surface area (Å²) in [5.74, 6) is -1.36. The highest BCUT2D eigenvalue weighted by atomic mass is 19.1. The van der Waals surface area contributed by atoms with Crippen LogP contribution in [0.5, 0.6) is 0 Å². The zero-order chi connectivity index (χ0) is 20.3. The summed E-state index contributed by atoms with van der Waals surface area (Å²) in [6.07, 6.45) is 3.34. The van der Waals surface area contributed by atoms with E-state index in [1.54, 1.807) is 6.07 Å². The van der Waals surface area contributed by atoms with Crippen molar-refractivity contribution in [3.05, 3.63) is 30.1 Å². The van der Waals surface area contributed by atoms with Gasteiger partial charge in [-0.1, -0.05) is 38.8 Å². The molecule has 1 aliphatic heterocycles. The first kappa shape index (κ1) is 20.3. The van der Waals surface area contributed by atoms with Gasteiger partial charge in [-0.15, -0.1) is 0 Å². The van der Waals surface area contributed by atoms with Crippen molar-refractivity contribution in [3.8, 4) is 0 Å². The zero-order valence-electron chi connectivity index (χ0n) is 16.3. The number of rotatable bonds is 5. The Hall–Kier alpha value is -2.44. The minimum atomic E-state index is -0.616. The van der Waals surface area contributed by atoms with Gasteiger partial charge in [-0.05, 0) is 30.4 Å². The number of hydrogen-bond acceptors (Lipinski definition) is 4. The number of amides is 2. The van der Waals surface area contributed by atoms with Crippen LogP contribution in [0.4, 0.5) is 10.1 Å². The Kier molecular flexibility index (Phi) is 6.31. The van der Waals surface area contributed by atoms with Crippen molar-refractivity contribution >= 4 is 23.5 Å². The lowest BCUT2D eigenvalue weighted by Gasteiger charge is -2.39. The van der Waals surface area contributed by atoms with Gasteiger partial charge < -0.3 is 15.0 Å². The minimum absolute atomic E-state index is 0.0243. The Balaban J connectivity index is 1.50. The highest BCUT2D eigenvalue weighted by molar-refractivity contribution is 5.93. The molecular weight excluding hydrogens is 363 g/mol. The van der Waals surface area contributed by atoms with Gasteiger partial charge in [0.15, 0.2) is 6.61 Å². The number of ether oxygens (including phenoxy) is 1. The smallest absolute Gasteiger partial charge is 0.311 e. The van der Waals surface area contributed by atoms with Gasteiger partial charge in [0.25, 0.3) is 5.91 Å². The van der Waals surface area contributed by atoms with Crippen molar-refractivity contribution in [1.29, 1.82) is 0 Å². The maximum Gasteiger partial charge on any atom is 0.311 e. The first-order valence-corrected chi connectivity index (χ1v) is 9.87. The third kappa shape index (κ3) is 4.51. The lowest BCUT2D eigenvalue weighted by atomic mass is 9.77. The van der Waals surface area contributed by atoms with E-state index < -0.39 is 30.2 Å². The SMILES string of the molecule is C[C@@H]1[C@H](C)CCC[C@H]1N1C[C@H](C(=O)OCC(=O)Nc2ccccc2F)CC1=O. The molecule has 0 aromatic heterocycles. The molecule has 2 amide bonds. The van der Waals surface area contributed by atoms with Gasteiger partial charge in [0.05, 0.1) is 11.6 Å². The second-order valence-electron chi connectivity index (χ2n) is 7.92. The Morgan fingerprint density at radius 3 is 2.75 bits per heavy atom. The number of nitrogens with zero attached hydrogens (tertiary/aromatic N) is 1. The maximum atomic E-state index is 13.6. The molecule has 152 valence electrons. The van der Waals surface area contributed by atoms with Crippen LogP contribution in [-0.4, -0.2) is 41.9 Å². The van der Waals surface area contributed by atoms with Gasteiger partial charge in [-0.3, -0.25) is 14.4 Å². The van der Waals surface area contributed by atoms with Crippen molar-refractivity contribution in [2.45, 2.75) is 45.6 Å². The minimum Gasteiger partial charge on any atom is -0.455 e. The van der Waals surface area contributed by atoms with Gasteiger partial charge in [0.1, 0.15) is 5.82 Å². The number of carbonyl (C=O) groups is 3. The number of hydrogen-bond donors (Lipinski definition) is 1. The number of para-hydroxylation sites is 1. The second-order valence-corrected chi connectivity index (χ2v) is 7.92. The molecule has 0 bridgehead atoms.